The molecule has 0 unspecified atom stereocenters. The van der Waals surface area contributed by atoms with Crippen LogP contribution in [0.3, 0.4) is 0 Å². The molecule has 4 aromatic rings. The van der Waals surface area contributed by atoms with Crippen LogP contribution in [-0.2, 0) is 6.54 Å². The van der Waals surface area contributed by atoms with E-state index >= 15 is 0 Å². The Morgan fingerprint density at radius 1 is 1.11 bits per heavy atom. The Balaban J connectivity index is 1.92. The molecule has 2 heterocycles. The Kier molecular flexibility index (Phi) is 4.24. The summed E-state index contributed by atoms with van der Waals surface area (Å²) in [6.45, 7) is 2.39. The van der Waals surface area contributed by atoms with Gasteiger partial charge in [0.1, 0.15) is 11.6 Å². The summed E-state index contributed by atoms with van der Waals surface area (Å²) in [6, 6.07) is 9.95. The first-order chi connectivity index (χ1) is 13.5. The van der Waals surface area contributed by atoms with Crippen molar-refractivity contribution in [1.82, 2.24) is 14.0 Å². The molecule has 0 aliphatic rings. The summed E-state index contributed by atoms with van der Waals surface area (Å²) >= 11 is 0. The van der Waals surface area contributed by atoms with Gasteiger partial charge in [0.15, 0.2) is 0 Å². The third-order valence-corrected chi connectivity index (χ3v) is 4.64. The van der Waals surface area contributed by atoms with Crippen LogP contribution in [0.2, 0.25) is 0 Å². The molecule has 0 saturated carbocycles. The molecule has 0 spiro atoms. The molecule has 0 atom stereocenters. The average molecular weight is 376 g/mol. The van der Waals surface area contributed by atoms with E-state index in [0.717, 1.165) is 6.07 Å². The van der Waals surface area contributed by atoms with Crippen LogP contribution in [0.5, 0.6) is 0 Å². The van der Waals surface area contributed by atoms with Crippen molar-refractivity contribution in [3.8, 4) is 28.5 Å². The molecule has 0 aliphatic heterocycles. The van der Waals surface area contributed by atoms with Crippen molar-refractivity contribution >= 4 is 5.65 Å². The molecule has 0 bridgehead atoms. The van der Waals surface area contributed by atoms with Crippen molar-refractivity contribution in [2.75, 3.05) is 0 Å². The fourth-order valence-corrected chi connectivity index (χ4v) is 3.21. The lowest BCUT2D eigenvalue weighted by Crippen LogP contribution is -2.20. The number of aryl methyl sites for hydroxylation is 1. The smallest absolute Gasteiger partial charge is 0.294 e. The molecule has 0 amide bonds. The minimum Gasteiger partial charge on any atom is -0.311 e. The minimum atomic E-state index is -0.564. The first-order valence-electron chi connectivity index (χ1n) is 8.60. The van der Waals surface area contributed by atoms with Gasteiger partial charge < -0.3 is 4.57 Å². The van der Waals surface area contributed by atoms with Crippen molar-refractivity contribution < 1.29 is 8.78 Å². The van der Waals surface area contributed by atoms with E-state index in [2.05, 4.69) is 4.98 Å². The normalized spacial score (nSPS) is 10.9. The largest absolute Gasteiger partial charge is 0.311 e. The third kappa shape index (κ3) is 2.76. The van der Waals surface area contributed by atoms with Gasteiger partial charge >= 0.3 is 0 Å². The zero-order valence-electron chi connectivity index (χ0n) is 14.9. The fraction of sp³-hybridized carbons (Fsp3) is 0.0952. The Bertz CT molecular complexity index is 1310. The molecule has 138 valence electrons. The van der Waals surface area contributed by atoms with Crippen LogP contribution in [-0.4, -0.2) is 14.0 Å². The summed E-state index contributed by atoms with van der Waals surface area (Å²) in [7, 11) is 0. The number of nitrogens with zero attached hydrogens (tertiary/aromatic N) is 4. The molecule has 7 heteroatoms. The predicted octanol–water partition coefficient (Wildman–Crippen LogP) is 4.00. The number of rotatable bonds is 3. The maximum atomic E-state index is 14.5. The number of halogens is 2. The van der Waals surface area contributed by atoms with E-state index in [1.54, 1.807) is 39.7 Å². The van der Waals surface area contributed by atoms with Gasteiger partial charge in [-0.2, -0.15) is 5.26 Å². The highest BCUT2D eigenvalue weighted by molar-refractivity contribution is 5.76. The Morgan fingerprint density at radius 3 is 2.68 bits per heavy atom. The first-order valence-corrected chi connectivity index (χ1v) is 8.60. The van der Waals surface area contributed by atoms with E-state index in [-0.39, 0.29) is 22.3 Å². The van der Waals surface area contributed by atoms with Gasteiger partial charge in [-0.25, -0.2) is 13.8 Å². The minimum absolute atomic E-state index is 0.0417. The highest BCUT2D eigenvalue weighted by Gasteiger charge is 2.15. The van der Waals surface area contributed by atoms with Crippen molar-refractivity contribution in [1.29, 1.82) is 5.26 Å². The number of hydrogen-bond acceptors (Lipinski definition) is 3. The highest BCUT2D eigenvalue weighted by atomic mass is 19.1. The number of hydrogen-bond donors (Lipinski definition) is 0. The highest BCUT2D eigenvalue weighted by Crippen LogP contribution is 2.31. The summed E-state index contributed by atoms with van der Waals surface area (Å²) in [6.07, 6.45) is 4.94. The lowest BCUT2D eigenvalue weighted by molar-refractivity contribution is 0.625. The SMILES string of the molecule is CCn1ccn2c(-c3ccc(F)c(-c4ccc(F)cc4C#N)c3)cnc2c1=O. The Hall–Kier alpha value is -3.79. The number of fused-ring (bicyclic) bond motifs is 1. The Morgan fingerprint density at radius 2 is 1.93 bits per heavy atom. The third-order valence-electron chi connectivity index (χ3n) is 4.64. The maximum absolute atomic E-state index is 14.5. The monoisotopic (exact) mass is 376 g/mol. The molecule has 0 radical (unpaired) electrons. The summed E-state index contributed by atoms with van der Waals surface area (Å²) in [5.74, 6) is -1.10. The first kappa shape index (κ1) is 17.6. The van der Waals surface area contributed by atoms with Gasteiger partial charge in [0.25, 0.3) is 5.56 Å². The molecule has 0 aliphatic carbocycles. The molecule has 0 fully saturated rings. The zero-order chi connectivity index (χ0) is 19.8. The van der Waals surface area contributed by atoms with Gasteiger partial charge in [-0.05, 0) is 37.3 Å². The lowest BCUT2D eigenvalue weighted by atomic mass is 9.97. The quantitative estimate of drug-likeness (QED) is 0.543. The van der Waals surface area contributed by atoms with Crippen molar-refractivity contribution in [2.45, 2.75) is 13.5 Å². The van der Waals surface area contributed by atoms with Gasteiger partial charge in [0, 0.05) is 35.6 Å². The molecule has 0 N–H and O–H groups in total. The second-order valence-electron chi connectivity index (χ2n) is 6.22. The van der Waals surface area contributed by atoms with E-state index in [4.69, 9.17) is 0 Å². The van der Waals surface area contributed by atoms with Gasteiger partial charge in [0.05, 0.1) is 23.5 Å². The van der Waals surface area contributed by atoms with Gasteiger partial charge in [-0.3, -0.25) is 9.20 Å². The summed E-state index contributed by atoms with van der Waals surface area (Å²) in [5, 5.41) is 9.28. The molecule has 5 nitrogen and oxygen atoms in total. The summed E-state index contributed by atoms with van der Waals surface area (Å²) < 4.78 is 31.1. The molecule has 2 aromatic heterocycles. The van der Waals surface area contributed by atoms with Crippen molar-refractivity contribution in [3.05, 3.63) is 82.5 Å². The van der Waals surface area contributed by atoms with E-state index < -0.39 is 11.6 Å². The number of benzene rings is 2. The maximum Gasteiger partial charge on any atom is 0.294 e. The molecule has 28 heavy (non-hydrogen) atoms. The van der Waals surface area contributed by atoms with Gasteiger partial charge in [-0.1, -0.05) is 6.07 Å². The van der Waals surface area contributed by atoms with Crippen LogP contribution >= 0.6 is 0 Å². The number of aromatic nitrogens is 3. The molecular weight excluding hydrogens is 362 g/mol. The molecule has 2 aromatic carbocycles. The molecule has 0 saturated heterocycles. The zero-order valence-corrected chi connectivity index (χ0v) is 14.9. The van der Waals surface area contributed by atoms with Crippen molar-refractivity contribution in [3.63, 3.8) is 0 Å². The Labute approximate surface area is 158 Å². The average Bonchev–Trinajstić information content (AvgIpc) is 3.14. The van der Waals surface area contributed by atoms with E-state index in [1.165, 1.54) is 18.2 Å². The van der Waals surface area contributed by atoms with Gasteiger partial charge in [-0.15, -0.1) is 0 Å². The fourth-order valence-electron chi connectivity index (χ4n) is 3.21. The second kappa shape index (κ2) is 6.74. The van der Waals surface area contributed by atoms with E-state index in [0.29, 0.717) is 23.4 Å². The predicted molar refractivity (Wildman–Crippen MR) is 101 cm³/mol. The van der Waals surface area contributed by atoms with E-state index in [1.807, 2.05) is 13.0 Å². The van der Waals surface area contributed by atoms with E-state index in [9.17, 15) is 18.8 Å². The van der Waals surface area contributed by atoms with Crippen LogP contribution in [0.1, 0.15) is 12.5 Å². The lowest BCUT2D eigenvalue weighted by Gasteiger charge is -2.09. The van der Waals surface area contributed by atoms with Crippen LogP contribution in [0.4, 0.5) is 8.78 Å². The summed E-state index contributed by atoms with van der Waals surface area (Å²) in [4.78, 5) is 16.6. The summed E-state index contributed by atoms with van der Waals surface area (Å²) in [5.41, 5.74) is 1.79. The van der Waals surface area contributed by atoms with Gasteiger partial charge in [0.2, 0.25) is 5.65 Å². The van der Waals surface area contributed by atoms with Crippen LogP contribution in [0, 0.1) is 23.0 Å². The standard InChI is InChI=1S/C21H14F2N4O/c1-2-26-7-8-27-19(12-25-20(27)21(26)28)13-3-6-18(23)17(10-13)16-5-4-15(22)9-14(16)11-24/h3-10,12H,2H2,1H3. The number of imidazole rings is 1. The molecular formula is C21H14F2N4O. The molecule has 4 rings (SSSR count). The van der Waals surface area contributed by atoms with Crippen molar-refractivity contribution in [2.24, 2.45) is 0 Å². The van der Waals surface area contributed by atoms with Crippen LogP contribution in [0.25, 0.3) is 28.0 Å². The van der Waals surface area contributed by atoms with Crippen LogP contribution in [0.15, 0.2) is 59.8 Å². The topological polar surface area (TPSA) is 63.1 Å². The number of nitriles is 1. The van der Waals surface area contributed by atoms with Crippen LogP contribution < -0.4 is 5.56 Å². The second-order valence-corrected chi connectivity index (χ2v) is 6.22.